The second-order valence-corrected chi connectivity index (χ2v) is 7.80. The normalized spacial score (nSPS) is 11.6. The number of para-hydroxylation sites is 1. The molecule has 0 aliphatic heterocycles. The Labute approximate surface area is 186 Å². The fraction of sp³-hybridized carbons (Fsp3) is 0.136. The molecule has 4 aromatic heterocycles. The fourth-order valence-corrected chi connectivity index (χ4v) is 3.97. The molecule has 0 N–H and O–H groups in total. The van der Waals surface area contributed by atoms with Gasteiger partial charge in [-0.15, -0.1) is 10.2 Å². The van der Waals surface area contributed by atoms with Gasteiger partial charge in [0, 0.05) is 11.8 Å². The highest BCUT2D eigenvalue weighted by Crippen LogP contribution is 2.26. The number of aromatic nitrogens is 6. The number of aryl methyl sites for hydroxylation is 1. The number of esters is 1. The van der Waals surface area contributed by atoms with E-state index in [2.05, 4.69) is 20.4 Å². The van der Waals surface area contributed by atoms with Gasteiger partial charge in [-0.25, -0.2) is 9.48 Å². The number of fused-ring (bicyclic) bond motifs is 1. The van der Waals surface area contributed by atoms with Crippen molar-refractivity contribution >= 4 is 34.4 Å². The zero-order valence-electron chi connectivity index (χ0n) is 17.3. The molecule has 1 aromatic carbocycles. The Hall–Kier alpha value is -4.05. The summed E-state index contributed by atoms with van der Waals surface area (Å²) in [6.45, 7) is 3.90. The molecule has 5 aromatic rings. The van der Waals surface area contributed by atoms with Gasteiger partial charge in [-0.3, -0.25) is 0 Å². The van der Waals surface area contributed by atoms with E-state index in [1.807, 2.05) is 49.4 Å². The van der Waals surface area contributed by atoms with Crippen molar-refractivity contribution < 1.29 is 13.9 Å². The fourth-order valence-electron chi connectivity index (χ4n) is 3.23. The van der Waals surface area contributed by atoms with Gasteiger partial charge in [0.05, 0.1) is 24.1 Å². The first-order chi connectivity index (χ1) is 15.6. The van der Waals surface area contributed by atoms with Crippen molar-refractivity contribution in [1.29, 1.82) is 0 Å². The average Bonchev–Trinajstić information content (AvgIpc) is 3.57. The highest BCUT2D eigenvalue weighted by molar-refractivity contribution is 7.17. The van der Waals surface area contributed by atoms with Gasteiger partial charge in [0.2, 0.25) is 4.96 Å². The number of carbonyl (C=O) groups is 1. The van der Waals surface area contributed by atoms with Crippen molar-refractivity contribution in [2.75, 3.05) is 6.61 Å². The quantitative estimate of drug-likeness (QED) is 0.359. The second-order valence-electron chi connectivity index (χ2n) is 6.82. The Morgan fingerprint density at radius 1 is 1.16 bits per heavy atom. The van der Waals surface area contributed by atoms with E-state index in [4.69, 9.17) is 9.15 Å². The van der Waals surface area contributed by atoms with Gasteiger partial charge >= 0.3 is 5.97 Å². The van der Waals surface area contributed by atoms with Crippen LogP contribution >= 0.6 is 11.3 Å². The first kappa shape index (κ1) is 19.9. The molecule has 0 atom stereocenters. The molecular formula is C22H18N6O3S. The van der Waals surface area contributed by atoms with Gasteiger partial charge in [-0.2, -0.15) is 14.7 Å². The molecule has 160 valence electrons. The number of rotatable bonds is 6. The van der Waals surface area contributed by atoms with Crippen molar-refractivity contribution in [2.45, 2.75) is 13.8 Å². The first-order valence-electron chi connectivity index (χ1n) is 9.91. The Bertz CT molecular complexity index is 1430. The smallest absolute Gasteiger partial charge is 0.359 e. The molecule has 0 amide bonds. The van der Waals surface area contributed by atoms with Gasteiger partial charge < -0.3 is 9.15 Å². The van der Waals surface area contributed by atoms with Crippen LogP contribution in [0.4, 0.5) is 0 Å². The minimum Gasteiger partial charge on any atom is -0.469 e. The third-order valence-electron chi connectivity index (χ3n) is 4.74. The molecule has 0 aliphatic rings. The Kier molecular flexibility index (Phi) is 5.12. The summed E-state index contributed by atoms with van der Waals surface area (Å²) >= 11 is 1.39. The van der Waals surface area contributed by atoms with E-state index in [-0.39, 0.29) is 12.3 Å². The summed E-state index contributed by atoms with van der Waals surface area (Å²) < 4.78 is 13.9. The third-order valence-corrected chi connectivity index (χ3v) is 5.61. The SMILES string of the molecule is CCOC(=O)c1nn(-c2ccccc2)cc1/C=C/c1nn2c(-c3ccoc3C)nnc2s1. The van der Waals surface area contributed by atoms with Crippen molar-refractivity contribution in [3.63, 3.8) is 0 Å². The van der Waals surface area contributed by atoms with E-state index >= 15 is 0 Å². The van der Waals surface area contributed by atoms with Gasteiger partial charge in [-0.05, 0) is 44.2 Å². The summed E-state index contributed by atoms with van der Waals surface area (Å²) in [5, 5.41) is 18.2. The Morgan fingerprint density at radius 2 is 2.00 bits per heavy atom. The molecule has 0 radical (unpaired) electrons. The van der Waals surface area contributed by atoms with E-state index in [1.165, 1.54) is 11.3 Å². The van der Waals surface area contributed by atoms with E-state index < -0.39 is 5.97 Å². The van der Waals surface area contributed by atoms with Crippen LogP contribution in [-0.4, -0.2) is 42.2 Å². The van der Waals surface area contributed by atoms with Crippen LogP contribution in [-0.2, 0) is 4.74 Å². The van der Waals surface area contributed by atoms with Crippen LogP contribution in [0.5, 0.6) is 0 Å². The lowest BCUT2D eigenvalue weighted by atomic mass is 10.2. The largest absolute Gasteiger partial charge is 0.469 e. The summed E-state index contributed by atoms with van der Waals surface area (Å²) in [5.41, 5.74) is 2.55. The predicted octanol–water partition coefficient (Wildman–Crippen LogP) is 4.29. The van der Waals surface area contributed by atoms with E-state index in [9.17, 15) is 4.79 Å². The summed E-state index contributed by atoms with van der Waals surface area (Å²) in [7, 11) is 0. The third kappa shape index (κ3) is 3.60. The van der Waals surface area contributed by atoms with Crippen molar-refractivity contribution in [3.8, 4) is 17.1 Å². The molecule has 5 rings (SSSR count). The zero-order valence-corrected chi connectivity index (χ0v) is 18.1. The van der Waals surface area contributed by atoms with E-state index in [1.54, 1.807) is 34.7 Å². The molecule has 0 saturated heterocycles. The van der Waals surface area contributed by atoms with Gasteiger partial charge in [0.15, 0.2) is 11.5 Å². The topological polar surface area (TPSA) is 100 Å². The number of hydrogen-bond acceptors (Lipinski definition) is 8. The summed E-state index contributed by atoms with van der Waals surface area (Å²) in [6, 6.07) is 11.4. The predicted molar refractivity (Wildman–Crippen MR) is 120 cm³/mol. The number of benzene rings is 1. The maximum absolute atomic E-state index is 12.5. The lowest BCUT2D eigenvalue weighted by Crippen LogP contribution is -2.07. The van der Waals surface area contributed by atoms with Crippen LogP contribution < -0.4 is 0 Å². The lowest BCUT2D eigenvalue weighted by molar-refractivity contribution is 0.0518. The minimum atomic E-state index is -0.474. The molecule has 0 fully saturated rings. The Morgan fingerprint density at radius 3 is 2.75 bits per heavy atom. The van der Waals surface area contributed by atoms with Crippen LogP contribution in [0.2, 0.25) is 0 Å². The molecule has 0 aliphatic carbocycles. The minimum absolute atomic E-state index is 0.240. The number of hydrogen-bond donors (Lipinski definition) is 0. The van der Waals surface area contributed by atoms with E-state index in [0.29, 0.717) is 21.4 Å². The molecule has 0 spiro atoms. The Balaban J connectivity index is 1.50. The van der Waals surface area contributed by atoms with Gasteiger partial charge in [0.25, 0.3) is 0 Å². The standard InChI is InChI=1S/C22H18N6O3S/c1-3-30-21(29)19-15(13-27(26-19)16-7-5-4-6-8-16)9-10-18-25-28-20(23-24-22(28)32-18)17-11-12-31-14(17)2/h4-13H,3H2,1-2H3/b10-9+. The molecule has 4 heterocycles. The van der Waals surface area contributed by atoms with Crippen molar-refractivity contribution in [1.82, 2.24) is 29.6 Å². The van der Waals surface area contributed by atoms with Gasteiger partial charge in [0.1, 0.15) is 10.8 Å². The molecule has 9 nitrogen and oxygen atoms in total. The zero-order chi connectivity index (χ0) is 22.1. The molecule has 10 heteroatoms. The number of furan rings is 1. The van der Waals surface area contributed by atoms with Crippen LogP contribution in [0.15, 0.2) is 53.3 Å². The van der Waals surface area contributed by atoms with Crippen LogP contribution in [0, 0.1) is 6.92 Å². The molecule has 0 bridgehead atoms. The average molecular weight is 446 g/mol. The molecule has 0 saturated carbocycles. The maximum atomic E-state index is 12.5. The molecular weight excluding hydrogens is 428 g/mol. The van der Waals surface area contributed by atoms with Crippen LogP contribution in [0.25, 0.3) is 34.2 Å². The highest BCUT2D eigenvalue weighted by Gasteiger charge is 2.18. The summed E-state index contributed by atoms with van der Waals surface area (Å²) in [4.78, 5) is 13.1. The first-order valence-corrected chi connectivity index (χ1v) is 10.7. The number of carbonyl (C=O) groups excluding carboxylic acids is 1. The number of ether oxygens (including phenoxy) is 1. The molecule has 0 unspecified atom stereocenters. The molecule has 32 heavy (non-hydrogen) atoms. The van der Waals surface area contributed by atoms with Gasteiger partial charge in [-0.1, -0.05) is 29.5 Å². The maximum Gasteiger partial charge on any atom is 0.359 e. The summed E-state index contributed by atoms with van der Waals surface area (Å²) in [5.74, 6) is 0.890. The van der Waals surface area contributed by atoms with Crippen LogP contribution in [0.3, 0.4) is 0 Å². The monoisotopic (exact) mass is 446 g/mol. The summed E-state index contributed by atoms with van der Waals surface area (Å²) in [6.07, 6.45) is 7.02. The van der Waals surface area contributed by atoms with Crippen molar-refractivity contribution in [2.24, 2.45) is 0 Å². The second kappa shape index (κ2) is 8.23. The van der Waals surface area contributed by atoms with Crippen molar-refractivity contribution in [3.05, 3.63) is 70.9 Å². The highest BCUT2D eigenvalue weighted by atomic mass is 32.1. The van der Waals surface area contributed by atoms with E-state index in [0.717, 1.165) is 17.0 Å². The number of nitrogens with zero attached hydrogens (tertiary/aromatic N) is 6. The van der Waals surface area contributed by atoms with Crippen LogP contribution in [0.1, 0.15) is 33.7 Å². The lowest BCUT2D eigenvalue weighted by Gasteiger charge is -2.00.